The molecule has 0 N–H and O–H groups in total. The van der Waals surface area contributed by atoms with Crippen molar-refractivity contribution in [3.63, 3.8) is 0 Å². The molecule has 2 saturated carbocycles. The van der Waals surface area contributed by atoms with E-state index in [-0.39, 0.29) is 5.82 Å². The monoisotopic (exact) mass is 414 g/mol. The second-order valence-electron chi connectivity index (χ2n) is 9.71. The second kappa shape index (κ2) is 10.3. The molecule has 2 aliphatic carbocycles. The van der Waals surface area contributed by atoms with Gasteiger partial charge in [0.15, 0.2) is 0 Å². The lowest BCUT2D eigenvalue weighted by atomic mass is 9.63. The van der Waals surface area contributed by atoms with Gasteiger partial charge < -0.3 is 0 Å². The van der Waals surface area contributed by atoms with Gasteiger partial charge in [-0.1, -0.05) is 48.6 Å². The number of rotatable bonds is 4. The zero-order valence-corrected chi connectivity index (χ0v) is 19.0. The number of fused-ring (bicyclic) bond motifs is 1. The summed E-state index contributed by atoms with van der Waals surface area (Å²) in [6.07, 6.45) is 15.5. The van der Waals surface area contributed by atoms with Gasteiger partial charge in [-0.05, 0) is 118 Å². The van der Waals surface area contributed by atoms with Gasteiger partial charge in [0.1, 0.15) is 5.82 Å². The molecule has 0 radical (unpaired) electrons. The van der Waals surface area contributed by atoms with E-state index in [0.29, 0.717) is 11.5 Å². The van der Waals surface area contributed by atoms with Crippen LogP contribution in [0.3, 0.4) is 0 Å². The lowest BCUT2D eigenvalue weighted by molar-refractivity contribution is 0.115. The van der Waals surface area contributed by atoms with Crippen molar-refractivity contribution >= 4 is 0 Å². The van der Waals surface area contributed by atoms with Gasteiger partial charge >= 0.3 is 0 Å². The highest BCUT2D eigenvalue weighted by Gasteiger charge is 2.35. The third-order valence-corrected chi connectivity index (χ3v) is 7.55. The molecule has 4 rings (SSSR count). The summed E-state index contributed by atoms with van der Waals surface area (Å²) >= 11 is 0. The van der Waals surface area contributed by atoms with Crippen molar-refractivity contribution in [1.29, 1.82) is 0 Å². The zero-order chi connectivity index (χ0) is 21.6. The van der Waals surface area contributed by atoms with Crippen molar-refractivity contribution in [2.75, 3.05) is 0 Å². The zero-order valence-electron chi connectivity index (χ0n) is 19.0. The predicted octanol–water partition coefficient (Wildman–Crippen LogP) is 8.19. The fourth-order valence-corrected chi connectivity index (χ4v) is 5.75. The van der Waals surface area contributed by atoms with E-state index in [1.165, 1.54) is 56.9 Å². The molecule has 0 aromatic heterocycles. The minimum absolute atomic E-state index is 0.238. The largest absolute Gasteiger partial charge is 0.206 e. The minimum atomic E-state index is -0.238. The van der Waals surface area contributed by atoms with Gasteiger partial charge in [-0.2, -0.15) is 0 Å². The lowest BCUT2D eigenvalue weighted by Gasteiger charge is -2.42. The van der Waals surface area contributed by atoms with Gasteiger partial charge in [0.25, 0.3) is 0 Å². The van der Waals surface area contributed by atoms with Crippen molar-refractivity contribution in [2.45, 2.75) is 71.1 Å². The molecule has 0 nitrogen and oxygen atoms in total. The predicted molar refractivity (Wildman–Crippen MR) is 129 cm³/mol. The molecule has 0 amide bonds. The van der Waals surface area contributed by atoms with Crippen molar-refractivity contribution in [2.24, 2.45) is 17.8 Å². The molecule has 4 atom stereocenters. The lowest BCUT2D eigenvalue weighted by Crippen LogP contribution is -2.30. The van der Waals surface area contributed by atoms with Crippen molar-refractivity contribution in [1.82, 2.24) is 0 Å². The highest BCUT2D eigenvalue weighted by Crippen LogP contribution is 2.48. The normalized spacial score (nSPS) is 25.6. The van der Waals surface area contributed by atoms with E-state index in [1.807, 2.05) is 13.0 Å². The number of hydrogen-bond acceptors (Lipinski definition) is 0. The average molecular weight is 415 g/mol. The number of hydrogen-bond donors (Lipinski definition) is 0. The third kappa shape index (κ3) is 5.68. The summed E-state index contributed by atoms with van der Waals surface area (Å²) in [4.78, 5) is 0. The van der Waals surface area contributed by atoms with E-state index in [0.717, 1.165) is 28.9 Å². The fraction of sp³-hybridized carbons (Fsp3) is 0.467. The molecule has 2 aliphatic rings. The molecule has 0 spiro atoms. The summed E-state index contributed by atoms with van der Waals surface area (Å²) in [6, 6.07) is 13.9. The van der Waals surface area contributed by atoms with Gasteiger partial charge in [0.2, 0.25) is 0 Å². The van der Waals surface area contributed by atoms with Crippen molar-refractivity contribution in [3.8, 4) is 11.8 Å². The Kier molecular flexibility index (Phi) is 7.29. The SMILES string of the molecule is C/C=C/CCC1CCC2CC(c3ccc(C#Cc4ccc(C)cc4F)cc3)CCC2C1. The molecule has 31 heavy (non-hydrogen) atoms. The molecule has 2 aromatic rings. The van der Waals surface area contributed by atoms with Crippen molar-refractivity contribution in [3.05, 3.63) is 82.7 Å². The van der Waals surface area contributed by atoms with Crippen LogP contribution in [0.15, 0.2) is 54.6 Å². The van der Waals surface area contributed by atoms with E-state index in [1.54, 1.807) is 12.1 Å². The summed E-state index contributed by atoms with van der Waals surface area (Å²) < 4.78 is 14.0. The minimum Gasteiger partial charge on any atom is -0.206 e. The maximum atomic E-state index is 14.0. The Morgan fingerprint density at radius 2 is 1.71 bits per heavy atom. The maximum Gasteiger partial charge on any atom is 0.139 e. The standard InChI is InChI=1S/C30H35F/c1-3-4-5-6-24-11-16-29-21-28(18-17-27(29)20-24)25-13-8-23(9-14-25)10-15-26-12-7-22(2)19-30(26)31/h3-4,7-9,12-14,19,24,27-29H,5-6,11,16-18,20-21H2,1-2H3/b4-3+. The molecule has 0 aliphatic heterocycles. The van der Waals surface area contributed by atoms with Crippen LogP contribution in [-0.4, -0.2) is 0 Å². The first-order valence-electron chi connectivity index (χ1n) is 12.1. The molecule has 2 aromatic carbocycles. The molecule has 4 unspecified atom stereocenters. The number of halogens is 1. The molecule has 0 heterocycles. The highest BCUT2D eigenvalue weighted by atomic mass is 19.1. The Balaban J connectivity index is 1.34. The van der Waals surface area contributed by atoms with Gasteiger partial charge in [-0.15, -0.1) is 0 Å². The molecular formula is C30H35F. The van der Waals surface area contributed by atoms with Gasteiger partial charge in [-0.3, -0.25) is 0 Å². The van der Waals surface area contributed by atoms with Crippen molar-refractivity contribution < 1.29 is 4.39 Å². The Morgan fingerprint density at radius 3 is 2.48 bits per heavy atom. The molecule has 2 fully saturated rings. The van der Waals surface area contributed by atoms with E-state index < -0.39 is 0 Å². The summed E-state index contributed by atoms with van der Waals surface area (Å²) in [7, 11) is 0. The first-order valence-corrected chi connectivity index (χ1v) is 12.1. The van der Waals surface area contributed by atoms with Crippen LogP contribution >= 0.6 is 0 Å². The first kappa shape index (κ1) is 21.9. The Morgan fingerprint density at radius 1 is 0.935 bits per heavy atom. The van der Waals surface area contributed by atoms with Crippen LogP contribution < -0.4 is 0 Å². The molecule has 0 bridgehead atoms. The van der Waals surface area contributed by atoms with Crippen LogP contribution in [0, 0.1) is 42.3 Å². The van der Waals surface area contributed by atoms with Crippen LogP contribution in [0.2, 0.25) is 0 Å². The van der Waals surface area contributed by atoms with E-state index in [9.17, 15) is 4.39 Å². The molecule has 162 valence electrons. The summed E-state index contributed by atoms with van der Waals surface area (Å²) in [6.45, 7) is 4.02. The Labute approximate surface area is 188 Å². The molecular weight excluding hydrogens is 379 g/mol. The van der Waals surface area contributed by atoms with Crippen LogP contribution in [0.5, 0.6) is 0 Å². The topological polar surface area (TPSA) is 0 Å². The van der Waals surface area contributed by atoms with Crippen LogP contribution in [0.1, 0.15) is 86.5 Å². The van der Waals surface area contributed by atoms with E-state index in [2.05, 4.69) is 55.2 Å². The Hall–Kier alpha value is -2.33. The highest BCUT2D eigenvalue weighted by molar-refractivity contribution is 5.45. The summed E-state index contributed by atoms with van der Waals surface area (Å²) in [5, 5.41) is 0. The second-order valence-corrected chi connectivity index (χ2v) is 9.71. The number of benzene rings is 2. The van der Waals surface area contributed by atoms with Gasteiger partial charge in [-0.25, -0.2) is 4.39 Å². The van der Waals surface area contributed by atoms with Crippen LogP contribution in [0.25, 0.3) is 0 Å². The number of aryl methyl sites for hydroxylation is 1. The van der Waals surface area contributed by atoms with Gasteiger partial charge in [0.05, 0.1) is 5.56 Å². The molecule has 0 saturated heterocycles. The summed E-state index contributed by atoms with van der Waals surface area (Å²) in [5.41, 5.74) is 3.80. The van der Waals surface area contributed by atoms with Crippen LogP contribution in [0.4, 0.5) is 4.39 Å². The molecule has 1 heteroatoms. The third-order valence-electron chi connectivity index (χ3n) is 7.55. The van der Waals surface area contributed by atoms with E-state index >= 15 is 0 Å². The first-order chi connectivity index (χ1) is 15.1. The van der Waals surface area contributed by atoms with Crippen LogP contribution in [-0.2, 0) is 0 Å². The average Bonchev–Trinajstić information content (AvgIpc) is 2.79. The van der Waals surface area contributed by atoms with Gasteiger partial charge in [0, 0.05) is 5.56 Å². The maximum absolute atomic E-state index is 14.0. The fourth-order valence-electron chi connectivity index (χ4n) is 5.75. The quantitative estimate of drug-likeness (QED) is 0.349. The number of allylic oxidation sites excluding steroid dienone is 2. The smallest absolute Gasteiger partial charge is 0.139 e. The van der Waals surface area contributed by atoms with E-state index in [4.69, 9.17) is 0 Å². The summed E-state index contributed by atoms with van der Waals surface area (Å²) in [5.74, 6) is 9.39. The Bertz CT molecular complexity index is 956.